The molecule has 0 aliphatic carbocycles. The van der Waals surface area contributed by atoms with E-state index in [0.717, 1.165) is 28.4 Å². The second kappa shape index (κ2) is 8.29. The zero-order chi connectivity index (χ0) is 15.9. The predicted octanol–water partition coefficient (Wildman–Crippen LogP) is 4.35. The Labute approximate surface area is 138 Å². The number of carbonyl (C=O) groups is 1. The van der Waals surface area contributed by atoms with Gasteiger partial charge in [0, 0.05) is 17.0 Å². The molecule has 118 valence electrons. The van der Waals surface area contributed by atoms with Gasteiger partial charge < -0.3 is 5.32 Å². The van der Waals surface area contributed by atoms with Crippen LogP contribution in [-0.4, -0.2) is 22.7 Å². The summed E-state index contributed by atoms with van der Waals surface area (Å²) in [5.41, 5.74) is 1.69. The first-order valence-corrected chi connectivity index (χ1v) is 9.12. The molecule has 1 heterocycles. The zero-order valence-corrected chi connectivity index (χ0v) is 14.3. The molecule has 3 nitrogen and oxygen atoms in total. The van der Waals surface area contributed by atoms with E-state index in [-0.39, 0.29) is 17.8 Å². The molecule has 0 saturated heterocycles. The van der Waals surface area contributed by atoms with Gasteiger partial charge in [0.15, 0.2) is 4.34 Å². The molecule has 0 aliphatic rings. The van der Waals surface area contributed by atoms with Crippen LogP contribution < -0.4 is 5.32 Å². The molecule has 22 heavy (non-hydrogen) atoms. The maximum atomic E-state index is 12.9. The van der Waals surface area contributed by atoms with E-state index < -0.39 is 0 Å². The molecule has 2 rings (SSSR count). The molecule has 0 spiro atoms. The summed E-state index contributed by atoms with van der Waals surface area (Å²) in [5.74, 6) is 0.149. The molecule has 0 atom stereocenters. The standard InChI is InChI=1S/C16H19FN2OS2/c1-3-13(4-2)18-15(20)10-22-16-19-14(9-21-16)11-5-7-12(17)8-6-11/h5-9,13H,3-4,10H2,1-2H3,(H,18,20). The molecule has 0 bridgehead atoms. The minimum absolute atomic E-state index is 0.0391. The van der Waals surface area contributed by atoms with Gasteiger partial charge in [-0.3, -0.25) is 4.79 Å². The minimum atomic E-state index is -0.258. The number of rotatable bonds is 7. The van der Waals surface area contributed by atoms with E-state index in [0.29, 0.717) is 5.75 Å². The van der Waals surface area contributed by atoms with Gasteiger partial charge in [-0.15, -0.1) is 11.3 Å². The fourth-order valence-corrected chi connectivity index (χ4v) is 3.61. The van der Waals surface area contributed by atoms with E-state index in [1.807, 2.05) is 5.38 Å². The number of amides is 1. The molecule has 1 aromatic carbocycles. The van der Waals surface area contributed by atoms with Crippen molar-refractivity contribution in [2.24, 2.45) is 0 Å². The molecule has 1 aromatic heterocycles. The van der Waals surface area contributed by atoms with Gasteiger partial charge in [-0.1, -0.05) is 25.6 Å². The van der Waals surface area contributed by atoms with Gasteiger partial charge in [-0.05, 0) is 37.1 Å². The molecule has 1 amide bonds. The molecule has 0 radical (unpaired) electrons. The van der Waals surface area contributed by atoms with Crippen LogP contribution in [0.1, 0.15) is 26.7 Å². The van der Waals surface area contributed by atoms with Crippen molar-refractivity contribution < 1.29 is 9.18 Å². The third kappa shape index (κ3) is 4.81. The maximum Gasteiger partial charge on any atom is 0.230 e. The molecule has 0 unspecified atom stereocenters. The lowest BCUT2D eigenvalue weighted by atomic mass is 10.2. The number of aromatic nitrogens is 1. The van der Waals surface area contributed by atoms with Crippen LogP contribution >= 0.6 is 23.1 Å². The molecular formula is C16H19FN2OS2. The van der Waals surface area contributed by atoms with Crippen LogP contribution in [0.3, 0.4) is 0 Å². The first-order chi connectivity index (χ1) is 10.6. The summed E-state index contributed by atoms with van der Waals surface area (Å²) in [4.78, 5) is 16.3. The van der Waals surface area contributed by atoms with E-state index in [1.165, 1.54) is 35.2 Å². The van der Waals surface area contributed by atoms with Crippen molar-refractivity contribution in [1.29, 1.82) is 0 Å². The van der Waals surface area contributed by atoms with E-state index >= 15 is 0 Å². The average Bonchev–Trinajstić information content (AvgIpc) is 3.00. The molecule has 1 N–H and O–H groups in total. The van der Waals surface area contributed by atoms with Crippen LogP contribution in [-0.2, 0) is 4.79 Å². The number of thioether (sulfide) groups is 1. The Hall–Kier alpha value is -1.40. The van der Waals surface area contributed by atoms with Crippen molar-refractivity contribution in [3.63, 3.8) is 0 Å². The Bertz CT molecular complexity index is 609. The number of hydrogen-bond acceptors (Lipinski definition) is 4. The third-order valence-electron chi connectivity index (χ3n) is 3.30. The van der Waals surface area contributed by atoms with Crippen LogP contribution in [0.25, 0.3) is 11.3 Å². The molecule has 0 saturated carbocycles. The Balaban J connectivity index is 1.89. The van der Waals surface area contributed by atoms with Gasteiger partial charge >= 0.3 is 0 Å². The smallest absolute Gasteiger partial charge is 0.230 e. The lowest BCUT2D eigenvalue weighted by Crippen LogP contribution is -2.34. The fraction of sp³-hybridized carbons (Fsp3) is 0.375. The highest BCUT2D eigenvalue weighted by molar-refractivity contribution is 8.01. The zero-order valence-electron chi connectivity index (χ0n) is 12.6. The Morgan fingerprint density at radius 2 is 2.00 bits per heavy atom. The fourth-order valence-electron chi connectivity index (χ4n) is 1.97. The van der Waals surface area contributed by atoms with E-state index in [2.05, 4.69) is 24.1 Å². The molecule has 2 aromatic rings. The molecule has 0 fully saturated rings. The SMILES string of the molecule is CCC(CC)NC(=O)CSc1nc(-c2ccc(F)cc2)cs1. The van der Waals surface area contributed by atoms with E-state index in [9.17, 15) is 9.18 Å². The summed E-state index contributed by atoms with van der Waals surface area (Å²) in [7, 11) is 0. The highest BCUT2D eigenvalue weighted by Gasteiger charge is 2.11. The van der Waals surface area contributed by atoms with Crippen LogP contribution in [0, 0.1) is 5.82 Å². The monoisotopic (exact) mass is 338 g/mol. The lowest BCUT2D eigenvalue weighted by Gasteiger charge is -2.13. The van der Waals surface area contributed by atoms with Crippen LogP contribution in [0.2, 0.25) is 0 Å². The third-order valence-corrected chi connectivity index (χ3v) is 5.32. The minimum Gasteiger partial charge on any atom is -0.353 e. The average molecular weight is 338 g/mol. The number of hydrogen-bond donors (Lipinski definition) is 1. The maximum absolute atomic E-state index is 12.9. The predicted molar refractivity (Wildman–Crippen MR) is 90.7 cm³/mol. The first-order valence-electron chi connectivity index (χ1n) is 7.26. The first kappa shape index (κ1) is 17.0. The Morgan fingerprint density at radius 1 is 1.32 bits per heavy atom. The highest BCUT2D eigenvalue weighted by Crippen LogP contribution is 2.28. The van der Waals surface area contributed by atoms with Crippen molar-refractivity contribution in [3.05, 3.63) is 35.5 Å². The Morgan fingerprint density at radius 3 is 2.64 bits per heavy atom. The second-order valence-electron chi connectivity index (χ2n) is 4.88. The quantitative estimate of drug-likeness (QED) is 0.763. The van der Waals surface area contributed by atoms with Crippen LogP contribution in [0.15, 0.2) is 34.0 Å². The van der Waals surface area contributed by atoms with Gasteiger partial charge in [0.1, 0.15) is 5.82 Å². The summed E-state index contributed by atoms with van der Waals surface area (Å²) >= 11 is 2.93. The Kier molecular flexibility index (Phi) is 6.39. The summed E-state index contributed by atoms with van der Waals surface area (Å²) in [5, 5.41) is 4.93. The molecule has 0 aliphatic heterocycles. The van der Waals surface area contributed by atoms with Crippen molar-refractivity contribution in [2.75, 3.05) is 5.75 Å². The summed E-state index contributed by atoms with van der Waals surface area (Å²) in [6.45, 7) is 4.13. The van der Waals surface area contributed by atoms with Gasteiger partial charge in [0.05, 0.1) is 11.4 Å². The number of benzene rings is 1. The van der Waals surface area contributed by atoms with E-state index in [1.54, 1.807) is 12.1 Å². The molecule has 6 heteroatoms. The van der Waals surface area contributed by atoms with Crippen molar-refractivity contribution in [2.45, 2.75) is 37.1 Å². The van der Waals surface area contributed by atoms with Gasteiger partial charge in [0.2, 0.25) is 5.91 Å². The molecular weight excluding hydrogens is 319 g/mol. The van der Waals surface area contributed by atoms with Gasteiger partial charge in [-0.2, -0.15) is 0 Å². The topological polar surface area (TPSA) is 42.0 Å². The van der Waals surface area contributed by atoms with Crippen LogP contribution in [0.5, 0.6) is 0 Å². The summed E-state index contributed by atoms with van der Waals surface area (Å²) < 4.78 is 13.8. The normalized spacial score (nSPS) is 10.9. The van der Waals surface area contributed by atoms with Crippen molar-refractivity contribution in [1.82, 2.24) is 10.3 Å². The number of halogens is 1. The van der Waals surface area contributed by atoms with Crippen molar-refractivity contribution >= 4 is 29.0 Å². The second-order valence-corrected chi connectivity index (χ2v) is 6.96. The van der Waals surface area contributed by atoms with E-state index in [4.69, 9.17) is 0 Å². The lowest BCUT2D eigenvalue weighted by molar-refractivity contribution is -0.119. The number of nitrogens with zero attached hydrogens (tertiary/aromatic N) is 1. The number of carbonyl (C=O) groups excluding carboxylic acids is 1. The van der Waals surface area contributed by atoms with Gasteiger partial charge in [-0.25, -0.2) is 9.37 Å². The summed E-state index contributed by atoms with van der Waals surface area (Å²) in [6.07, 6.45) is 1.89. The number of thiazole rings is 1. The summed E-state index contributed by atoms with van der Waals surface area (Å²) in [6, 6.07) is 6.51. The number of nitrogens with one attached hydrogen (secondary N) is 1. The largest absolute Gasteiger partial charge is 0.353 e. The van der Waals surface area contributed by atoms with Gasteiger partial charge in [0.25, 0.3) is 0 Å². The van der Waals surface area contributed by atoms with Crippen molar-refractivity contribution in [3.8, 4) is 11.3 Å². The van der Waals surface area contributed by atoms with Crippen LogP contribution in [0.4, 0.5) is 4.39 Å². The highest BCUT2D eigenvalue weighted by atomic mass is 32.2.